The Morgan fingerprint density at radius 2 is 2.05 bits per heavy atom. The van der Waals surface area contributed by atoms with Crippen LogP contribution in [0.2, 0.25) is 0 Å². The average Bonchev–Trinajstić information content (AvgIpc) is 3.26. The van der Waals surface area contributed by atoms with Crippen molar-refractivity contribution in [3.05, 3.63) is 17.5 Å². The summed E-state index contributed by atoms with van der Waals surface area (Å²) in [6, 6.07) is 0.724. The van der Waals surface area contributed by atoms with Gasteiger partial charge in [0.15, 0.2) is 0 Å². The van der Waals surface area contributed by atoms with Gasteiger partial charge in [-0.15, -0.1) is 0 Å². The zero-order valence-electron chi connectivity index (χ0n) is 13.9. The molecule has 1 N–H and O–H groups in total. The predicted molar refractivity (Wildman–Crippen MR) is 87.7 cm³/mol. The van der Waals surface area contributed by atoms with Crippen LogP contribution in [0.15, 0.2) is 6.20 Å². The first-order chi connectivity index (χ1) is 10.1. The van der Waals surface area contributed by atoms with Crippen molar-refractivity contribution in [1.82, 2.24) is 20.2 Å². The molecule has 21 heavy (non-hydrogen) atoms. The molecule has 0 radical (unpaired) electrons. The molecule has 118 valence electrons. The molecule has 5 heteroatoms. The molecule has 1 aromatic heterocycles. The monoisotopic (exact) mass is 291 g/mol. The van der Waals surface area contributed by atoms with Crippen molar-refractivity contribution in [2.75, 3.05) is 38.6 Å². The van der Waals surface area contributed by atoms with Gasteiger partial charge in [0.05, 0.1) is 0 Å². The summed E-state index contributed by atoms with van der Waals surface area (Å²) in [4.78, 5) is 13.7. The number of hydrogen-bond acceptors (Lipinski definition) is 5. The van der Waals surface area contributed by atoms with E-state index in [1.165, 1.54) is 18.4 Å². The van der Waals surface area contributed by atoms with E-state index in [9.17, 15) is 0 Å². The zero-order chi connectivity index (χ0) is 15.2. The summed E-state index contributed by atoms with van der Waals surface area (Å²) in [5.41, 5.74) is 2.31. The molecule has 1 heterocycles. The lowest BCUT2D eigenvalue weighted by atomic mass is 10.2. The number of aromatic nitrogens is 2. The van der Waals surface area contributed by atoms with Crippen molar-refractivity contribution in [2.45, 2.75) is 45.7 Å². The first-order valence-corrected chi connectivity index (χ1v) is 8.05. The highest BCUT2D eigenvalue weighted by atomic mass is 15.2. The van der Waals surface area contributed by atoms with E-state index in [0.717, 1.165) is 50.3 Å². The third kappa shape index (κ3) is 5.25. The molecule has 0 bridgehead atoms. The van der Waals surface area contributed by atoms with Gasteiger partial charge in [-0.25, -0.2) is 9.97 Å². The van der Waals surface area contributed by atoms with E-state index in [-0.39, 0.29) is 0 Å². The lowest BCUT2D eigenvalue weighted by Gasteiger charge is -2.22. The van der Waals surface area contributed by atoms with Crippen molar-refractivity contribution in [2.24, 2.45) is 0 Å². The van der Waals surface area contributed by atoms with Gasteiger partial charge in [-0.3, -0.25) is 0 Å². The molecule has 0 amide bonds. The predicted octanol–water partition coefficient (Wildman–Crippen LogP) is 1.82. The average molecular weight is 291 g/mol. The Morgan fingerprint density at radius 1 is 1.29 bits per heavy atom. The molecular weight excluding hydrogens is 262 g/mol. The number of anilines is 1. The summed E-state index contributed by atoms with van der Waals surface area (Å²) < 4.78 is 0. The third-order valence-electron chi connectivity index (χ3n) is 3.92. The Balaban J connectivity index is 1.92. The van der Waals surface area contributed by atoms with Crippen molar-refractivity contribution in [1.29, 1.82) is 0 Å². The fourth-order valence-corrected chi connectivity index (χ4v) is 2.32. The summed E-state index contributed by atoms with van der Waals surface area (Å²) in [5.74, 6) is 0.865. The molecule has 0 spiro atoms. The van der Waals surface area contributed by atoms with Crippen LogP contribution in [0.3, 0.4) is 0 Å². The summed E-state index contributed by atoms with van der Waals surface area (Å²) in [6.07, 6.45) is 5.75. The van der Waals surface area contributed by atoms with Gasteiger partial charge in [0, 0.05) is 43.1 Å². The first kappa shape index (κ1) is 16.2. The summed E-state index contributed by atoms with van der Waals surface area (Å²) in [6.45, 7) is 8.20. The minimum atomic E-state index is 0.724. The van der Waals surface area contributed by atoms with E-state index in [4.69, 9.17) is 4.98 Å². The van der Waals surface area contributed by atoms with E-state index < -0.39 is 0 Å². The fourth-order valence-electron chi connectivity index (χ4n) is 2.32. The number of nitrogens with zero attached hydrogens (tertiary/aromatic N) is 4. The van der Waals surface area contributed by atoms with E-state index in [1.807, 2.05) is 6.20 Å². The van der Waals surface area contributed by atoms with E-state index in [1.54, 1.807) is 0 Å². The van der Waals surface area contributed by atoms with Gasteiger partial charge < -0.3 is 15.1 Å². The Hall–Kier alpha value is -1.20. The molecule has 1 fully saturated rings. The van der Waals surface area contributed by atoms with Crippen LogP contribution < -0.4 is 10.2 Å². The molecule has 0 aromatic carbocycles. The maximum absolute atomic E-state index is 4.70. The van der Waals surface area contributed by atoms with E-state index in [0.29, 0.717) is 0 Å². The van der Waals surface area contributed by atoms with Crippen molar-refractivity contribution in [3.63, 3.8) is 0 Å². The Morgan fingerprint density at radius 3 is 2.62 bits per heavy atom. The van der Waals surface area contributed by atoms with Gasteiger partial charge in [0.2, 0.25) is 5.95 Å². The molecule has 1 aliphatic rings. The molecule has 0 unspecified atom stereocenters. The van der Waals surface area contributed by atoms with Crippen LogP contribution in [-0.4, -0.2) is 54.6 Å². The van der Waals surface area contributed by atoms with Crippen LogP contribution in [0.4, 0.5) is 5.95 Å². The second kappa shape index (κ2) is 7.71. The molecule has 1 aliphatic carbocycles. The summed E-state index contributed by atoms with van der Waals surface area (Å²) in [5, 5.41) is 3.52. The highest BCUT2D eigenvalue weighted by Gasteiger charge is 2.20. The Kier molecular flexibility index (Phi) is 5.94. The van der Waals surface area contributed by atoms with Gasteiger partial charge in [-0.05, 0) is 53.8 Å². The normalized spacial score (nSPS) is 14.7. The highest BCUT2D eigenvalue weighted by molar-refractivity contribution is 5.32. The number of aryl methyl sites for hydroxylation is 1. The standard InChI is InChI=1S/C16H29N5/c1-5-21(10-6-9-20(3)4)16-18-12-14(13(2)19-16)11-17-15-7-8-15/h12,15,17H,5-11H2,1-4H3. The largest absolute Gasteiger partial charge is 0.341 e. The SMILES string of the molecule is CCN(CCCN(C)C)c1ncc(CNC2CC2)c(C)n1. The topological polar surface area (TPSA) is 44.3 Å². The minimum Gasteiger partial charge on any atom is -0.341 e. The fraction of sp³-hybridized carbons (Fsp3) is 0.750. The quantitative estimate of drug-likeness (QED) is 0.752. The molecule has 0 aliphatic heterocycles. The van der Waals surface area contributed by atoms with Gasteiger partial charge >= 0.3 is 0 Å². The second-order valence-electron chi connectivity index (χ2n) is 6.17. The lowest BCUT2D eigenvalue weighted by molar-refractivity contribution is 0.400. The molecule has 1 saturated carbocycles. The van der Waals surface area contributed by atoms with Gasteiger partial charge in [-0.2, -0.15) is 0 Å². The lowest BCUT2D eigenvalue weighted by Crippen LogP contribution is -2.29. The molecular formula is C16H29N5. The maximum atomic E-state index is 4.70. The maximum Gasteiger partial charge on any atom is 0.225 e. The molecule has 1 aromatic rings. The molecule has 0 saturated heterocycles. The smallest absolute Gasteiger partial charge is 0.225 e. The second-order valence-corrected chi connectivity index (χ2v) is 6.17. The van der Waals surface area contributed by atoms with E-state index >= 15 is 0 Å². The van der Waals surface area contributed by atoms with Crippen LogP contribution in [0.25, 0.3) is 0 Å². The summed E-state index contributed by atoms with van der Waals surface area (Å²) in [7, 11) is 4.22. The summed E-state index contributed by atoms with van der Waals surface area (Å²) >= 11 is 0. The van der Waals surface area contributed by atoms with Crippen molar-refractivity contribution in [3.8, 4) is 0 Å². The van der Waals surface area contributed by atoms with Crippen LogP contribution in [0, 0.1) is 6.92 Å². The first-order valence-electron chi connectivity index (χ1n) is 8.05. The van der Waals surface area contributed by atoms with Crippen LogP contribution in [0.1, 0.15) is 37.4 Å². The number of hydrogen-bond donors (Lipinski definition) is 1. The van der Waals surface area contributed by atoms with Crippen molar-refractivity contribution < 1.29 is 0 Å². The Bertz CT molecular complexity index is 442. The Labute approximate surface area is 128 Å². The minimum absolute atomic E-state index is 0.724. The molecule has 0 atom stereocenters. The highest BCUT2D eigenvalue weighted by Crippen LogP contribution is 2.20. The van der Waals surface area contributed by atoms with Gasteiger partial charge in [0.25, 0.3) is 0 Å². The zero-order valence-corrected chi connectivity index (χ0v) is 13.9. The van der Waals surface area contributed by atoms with Crippen LogP contribution in [0.5, 0.6) is 0 Å². The van der Waals surface area contributed by atoms with Gasteiger partial charge in [-0.1, -0.05) is 0 Å². The number of rotatable bonds is 9. The molecule has 2 rings (SSSR count). The third-order valence-corrected chi connectivity index (χ3v) is 3.92. The van der Waals surface area contributed by atoms with Crippen LogP contribution in [-0.2, 0) is 6.54 Å². The van der Waals surface area contributed by atoms with Crippen molar-refractivity contribution >= 4 is 5.95 Å². The van der Waals surface area contributed by atoms with E-state index in [2.05, 4.69) is 48.0 Å². The number of nitrogens with one attached hydrogen (secondary N) is 1. The van der Waals surface area contributed by atoms with Crippen LogP contribution >= 0.6 is 0 Å². The van der Waals surface area contributed by atoms with Gasteiger partial charge in [0.1, 0.15) is 0 Å². The molecule has 5 nitrogen and oxygen atoms in total.